The van der Waals surface area contributed by atoms with E-state index >= 15 is 0 Å². The van der Waals surface area contributed by atoms with E-state index in [1.807, 2.05) is 0 Å². The predicted molar refractivity (Wildman–Crippen MR) is 213 cm³/mol. The molecule has 12 heteroatoms. The van der Waals surface area contributed by atoms with Gasteiger partial charge in [0.15, 0.2) is 10.1 Å². The average molecular weight is 832 g/mol. The third-order valence-corrected chi connectivity index (χ3v) is 12.9. The molecule has 1 radical (unpaired) electrons. The zero-order chi connectivity index (χ0) is 38.9. The molecular formula is C45H46CrF3N4O3S. The molecule has 3 fully saturated rings. The van der Waals surface area contributed by atoms with Crippen molar-refractivity contribution in [2.24, 2.45) is 0 Å². The molecule has 5 aliphatic rings. The maximum atomic E-state index is 10.7. The second-order valence-corrected chi connectivity index (χ2v) is 16.9. The molecule has 0 saturated carbocycles. The molecule has 0 spiro atoms. The molecule has 0 amide bonds. The van der Waals surface area contributed by atoms with Gasteiger partial charge in [0.05, 0.1) is 0 Å². The number of benzene rings is 4. The zero-order valence-corrected chi connectivity index (χ0v) is 33.3. The minimum atomic E-state index is -6.09. The minimum Gasteiger partial charge on any atom is -0.741 e. The summed E-state index contributed by atoms with van der Waals surface area (Å²) in [7, 11) is -6.09. The van der Waals surface area contributed by atoms with Crippen LogP contribution in [0.3, 0.4) is 0 Å². The van der Waals surface area contributed by atoms with Crippen LogP contribution in [0.5, 0.6) is 0 Å². The van der Waals surface area contributed by atoms with Crippen LogP contribution >= 0.6 is 0 Å². The number of halogens is 3. The maximum absolute atomic E-state index is 10.7. The van der Waals surface area contributed by atoms with Crippen molar-refractivity contribution in [3.8, 4) is 0 Å². The smallest absolute Gasteiger partial charge is 0.741 e. The second-order valence-electron chi connectivity index (χ2n) is 15.6. The Kier molecular flexibility index (Phi) is 12.9. The van der Waals surface area contributed by atoms with Gasteiger partial charge in [-0.3, -0.25) is 0 Å². The SMILES string of the molecule is C1=CC2NC1C(c1ccccc1)C1CCC([N-]1)C(c1ccccc1)C1C=CC(N1)C(c1ccccc1)C1CCC([N-]1)C2c1ccccc1.O=S(=O)([O-])C(F)(F)F.[Cr+3]. The van der Waals surface area contributed by atoms with E-state index in [-0.39, 0.29) is 89.4 Å². The van der Waals surface area contributed by atoms with Gasteiger partial charge < -0.3 is 25.8 Å². The van der Waals surface area contributed by atoms with Crippen molar-refractivity contribution in [2.45, 2.75) is 103 Å². The molecule has 2 N–H and O–H groups in total. The van der Waals surface area contributed by atoms with E-state index in [2.05, 4.69) is 156 Å². The van der Waals surface area contributed by atoms with Crippen molar-refractivity contribution in [1.82, 2.24) is 10.6 Å². The predicted octanol–water partition coefficient (Wildman–Crippen LogP) is 8.79. The molecule has 297 valence electrons. The van der Waals surface area contributed by atoms with Crippen molar-refractivity contribution in [3.63, 3.8) is 0 Å². The molecule has 7 nitrogen and oxygen atoms in total. The first-order chi connectivity index (χ1) is 27.0. The molecular weight excluding hydrogens is 786 g/mol. The standard InChI is InChI=1S/C44H46N4.CHF3O3S.Cr/c1-5-13-29(14-6-1)41-33-21-23-35(45-33)42(30-15-7-2-8-16-30)37-25-27-39(47-37)44(32-19-11-4-12-20-32)40-28-26-38(48-40)43(31-17-9-3-10-18-31)36-24-22-34(41)46-36;2-1(3,4)8(5,6)7;/h1-21,23,26,28,33-45,48H,22,24-25,27H2;(H,5,6,7);/q-2;;+3/p-1. The van der Waals surface area contributed by atoms with Crippen molar-refractivity contribution in [1.29, 1.82) is 0 Å². The molecule has 57 heavy (non-hydrogen) atoms. The van der Waals surface area contributed by atoms with E-state index in [0.717, 1.165) is 25.7 Å². The van der Waals surface area contributed by atoms with Crippen molar-refractivity contribution < 1.29 is 43.5 Å². The number of rotatable bonds is 4. The number of hydrogen-bond acceptors (Lipinski definition) is 5. The number of nitrogens with zero attached hydrogens (tertiary/aromatic N) is 2. The van der Waals surface area contributed by atoms with Crippen LogP contribution < -0.4 is 10.6 Å². The van der Waals surface area contributed by atoms with Crippen LogP contribution in [0.15, 0.2) is 146 Å². The van der Waals surface area contributed by atoms with Gasteiger partial charge in [-0.15, -0.1) is 24.2 Å². The van der Waals surface area contributed by atoms with Gasteiger partial charge in [0, 0.05) is 24.2 Å². The summed E-state index contributed by atoms with van der Waals surface area (Å²) >= 11 is 0. The monoisotopic (exact) mass is 831 g/mol. The second kappa shape index (κ2) is 17.7. The summed E-state index contributed by atoms with van der Waals surface area (Å²) < 4.78 is 58.9. The van der Waals surface area contributed by atoms with Crippen LogP contribution in [0.1, 0.15) is 71.6 Å². The van der Waals surface area contributed by atoms with E-state index < -0.39 is 15.6 Å². The van der Waals surface area contributed by atoms with Crippen molar-refractivity contribution >= 4 is 10.1 Å². The Morgan fingerprint density at radius 2 is 0.684 bits per heavy atom. The summed E-state index contributed by atoms with van der Waals surface area (Å²) in [5.41, 5.74) is -0.0954. The number of hydrogen-bond donors (Lipinski definition) is 2. The van der Waals surface area contributed by atoms with Gasteiger partial charge in [-0.1, -0.05) is 171 Å². The van der Waals surface area contributed by atoms with Crippen LogP contribution in [0.4, 0.5) is 13.2 Å². The number of fused-ring (bicyclic) bond motifs is 8. The van der Waals surface area contributed by atoms with E-state index in [0.29, 0.717) is 0 Å². The Morgan fingerprint density at radius 3 is 0.877 bits per heavy atom. The van der Waals surface area contributed by atoms with Crippen molar-refractivity contribution in [2.75, 3.05) is 0 Å². The number of alkyl halides is 3. The first-order valence-corrected chi connectivity index (χ1v) is 21.0. The Labute approximate surface area is 344 Å². The fourth-order valence-corrected chi connectivity index (χ4v) is 9.98. The number of nitrogens with one attached hydrogen (secondary N) is 2. The summed E-state index contributed by atoms with van der Waals surface area (Å²) in [5.74, 6) is 1.14. The van der Waals surface area contributed by atoms with E-state index in [4.69, 9.17) is 23.6 Å². The van der Waals surface area contributed by atoms with E-state index in [1.54, 1.807) is 0 Å². The molecule has 5 heterocycles. The van der Waals surface area contributed by atoms with Gasteiger partial charge in [0.2, 0.25) is 0 Å². The molecule has 12 unspecified atom stereocenters. The van der Waals surface area contributed by atoms with Crippen LogP contribution in [0.25, 0.3) is 10.6 Å². The molecule has 0 aliphatic carbocycles. The van der Waals surface area contributed by atoms with Gasteiger partial charge in [-0.2, -0.15) is 13.2 Å². The van der Waals surface area contributed by atoms with Crippen LogP contribution in [0, 0.1) is 0 Å². The molecule has 0 aromatic heterocycles. The molecule has 3 saturated heterocycles. The molecule has 9 rings (SSSR count). The third-order valence-electron chi connectivity index (χ3n) is 12.3. The normalized spacial score (nSPS) is 33.3. The van der Waals surface area contributed by atoms with Crippen LogP contribution in [0.2, 0.25) is 0 Å². The van der Waals surface area contributed by atoms with E-state index in [1.165, 1.54) is 22.3 Å². The first kappa shape index (κ1) is 41.6. The summed E-state index contributed by atoms with van der Waals surface area (Å²) in [6.07, 6.45) is 14.3. The van der Waals surface area contributed by atoms with E-state index in [9.17, 15) is 13.2 Å². The third kappa shape index (κ3) is 9.04. The molecule has 4 aromatic rings. The summed E-state index contributed by atoms with van der Waals surface area (Å²) in [6.45, 7) is 0. The van der Waals surface area contributed by atoms with Gasteiger partial charge in [0.1, 0.15) is 0 Å². The summed E-state index contributed by atoms with van der Waals surface area (Å²) in [6, 6.07) is 46.7. The Balaban J connectivity index is 0.000000501. The topological polar surface area (TPSA) is 109 Å². The van der Waals surface area contributed by atoms with Crippen LogP contribution in [-0.4, -0.2) is 66.8 Å². The van der Waals surface area contributed by atoms with Gasteiger partial charge >= 0.3 is 22.9 Å². The van der Waals surface area contributed by atoms with Gasteiger partial charge in [-0.25, -0.2) is 8.42 Å². The Hall–Kier alpha value is -3.57. The summed E-state index contributed by atoms with van der Waals surface area (Å²) in [5, 5.41) is 20.0. The Morgan fingerprint density at radius 1 is 0.474 bits per heavy atom. The quantitative estimate of drug-likeness (QED) is 0.122. The first-order valence-electron chi connectivity index (χ1n) is 19.6. The minimum absolute atomic E-state index is 0. The van der Waals surface area contributed by atoms with Gasteiger partial charge in [-0.05, 0) is 45.9 Å². The van der Waals surface area contributed by atoms with Crippen molar-refractivity contribution in [3.05, 3.63) is 179 Å². The fourth-order valence-electron chi connectivity index (χ4n) is 9.98. The maximum Gasteiger partial charge on any atom is 3.00 e. The van der Waals surface area contributed by atoms with Crippen LogP contribution in [-0.2, 0) is 27.5 Å². The molecule has 8 bridgehead atoms. The largest absolute Gasteiger partial charge is 3.00 e. The average Bonchev–Trinajstić information content (AvgIpc) is 4.04. The molecule has 5 aliphatic heterocycles. The Bertz CT molecular complexity index is 1830. The molecule has 12 atom stereocenters. The fraction of sp³-hybridized carbons (Fsp3) is 0.378. The molecule has 4 aromatic carbocycles. The van der Waals surface area contributed by atoms with Gasteiger partial charge in [0.25, 0.3) is 0 Å². The summed E-state index contributed by atoms with van der Waals surface area (Å²) in [4.78, 5) is 0. The zero-order valence-electron chi connectivity index (χ0n) is 31.2.